The van der Waals surface area contributed by atoms with E-state index in [-0.39, 0.29) is 23.7 Å². The molecule has 0 radical (unpaired) electrons. The van der Waals surface area contributed by atoms with Crippen LogP contribution in [0.15, 0.2) is 12.1 Å². The van der Waals surface area contributed by atoms with Gasteiger partial charge in [0.1, 0.15) is 18.1 Å². The summed E-state index contributed by atoms with van der Waals surface area (Å²) in [6, 6.07) is 2.91. The van der Waals surface area contributed by atoms with Gasteiger partial charge in [0.05, 0.1) is 38.0 Å². The molecule has 1 N–H and O–H groups in total. The highest BCUT2D eigenvalue weighted by Gasteiger charge is 2.27. The number of carbonyl (C=O) groups excluding carboxylic acids is 1. The standard InChI is InChI=1S/C13H15ClF3NO4/c1-20-10-6-11(21-2)9(5-8(10)14)18-12(19)3-4-22-7-13(15,16)17/h5-6H,3-4,7H2,1-2H3,(H,18,19). The van der Waals surface area contributed by atoms with Crippen LogP contribution < -0.4 is 14.8 Å². The number of methoxy groups -OCH3 is 2. The fraction of sp³-hybridized carbons (Fsp3) is 0.462. The Balaban J connectivity index is 2.59. The summed E-state index contributed by atoms with van der Waals surface area (Å²) in [6.45, 7) is -1.74. The minimum atomic E-state index is -4.41. The van der Waals surface area contributed by atoms with Gasteiger partial charge in [-0.1, -0.05) is 11.6 Å². The van der Waals surface area contributed by atoms with E-state index >= 15 is 0 Å². The number of rotatable bonds is 7. The van der Waals surface area contributed by atoms with E-state index in [0.29, 0.717) is 11.5 Å². The van der Waals surface area contributed by atoms with Crippen molar-refractivity contribution in [1.82, 2.24) is 0 Å². The average Bonchev–Trinajstić information content (AvgIpc) is 2.43. The van der Waals surface area contributed by atoms with Crippen LogP contribution in [0.4, 0.5) is 18.9 Å². The Morgan fingerprint density at radius 3 is 2.41 bits per heavy atom. The van der Waals surface area contributed by atoms with Gasteiger partial charge in [-0.2, -0.15) is 13.2 Å². The number of alkyl halides is 3. The van der Waals surface area contributed by atoms with Crippen molar-refractivity contribution in [3.05, 3.63) is 17.2 Å². The summed E-state index contributed by atoms with van der Waals surface area (Å²) < 4.78 is 50.1. The normalized spacial score (nSPS) is 11.2. The Labute approximate surface area is 130 Å². The zero-order valence-corrected chi connectivity index (χ0v) is 12.7. The summed E-state index contributed by atoms with van der Waals surface area (Å²) in [6.07, 6.45) is -4.65. The first-order chi connectivity index (χ1) is 10.3. The van der Waals surface area contributed by atoms with Crippen LogP contribution in [0, 0.1) is 0 Å². The van der Waals surface area contributed by atoms with E-state index < -0.39 is 18.7 Å². The quantitative estimate of drug-likeness (QED) is 0.773. The summed E-state index contributed by atoms with van der Waals surface area (Å²) in [5.74, 6) is 0.151. The number of amides is 1. The molecule has 0 aliphatic carbocycles. The number of ether oxygens (including phenoxy) is 3. The second-order valence-electron chi connectivity index (χ2n) is 4.15. The molecule has 0 atom stereocenters. The summed E-state index contributed by atoms with van der Waals surface area (Å²) in [4.78, 5) is 11.7. The first kappa shape index (κ1) is 18.4. The summed E-state index contributed by atoms with van der Waals surface area (Å²) in [5.41, 5.74) is 0.286. The van der Waals surface area contributed by atoms with Crippen molar-refractivity contribution in [3.63, 3.8) is 0 Å². The van der Waals surface area contributed by atoms with Gasteiger partial charge in [-0.25, -0.2) is 0 Å². The molecule has 0 aromatic heterocycles. The van der Waals surface area contributed by atoms with E-state index in [1.807, 2.05) is 0 Å². The number of anilines is 1. The average molecular weight is 342 g/mol. The predicted octanol–water partition coefficient (Wildman–Crippen LogP) is 3.26. The van der Waals surface area contributed by atoms with Crippen molar-refractivity contribution in [2.45, 2.75) is 12.6 Å². The van der Waals surface area contributed by atoms with Crippen LogP contribution in [0.3, 0.4) is 0 Å². The zero-order valence-electron chi connectivity index (χ0n) is 11.9. The van der Waals surface area contributed by atoms with Gasteiger partial charge in [-0.3, -0.25) is 4.79 Å². The van der Waals surface area contributed by atoms with Gasteiger partial charge < -0.3 is 19.5 Å². The maximum atomic E-state index is 11.9. The van der Waals surface area contributed by atoms with Crippen LogP contribution in [-0.4, -0.2) is 39.5 Å². The molecule has 22 heavy (non-hydrogen) atoms. The summed E-state index contributed by atoms with van der Waals surface area (Å²) in [7, 11) is 2.82. The molecule has 0 saturated heterocycles. The van der Waals surface area contributed by atoms with Crippen molar-refractivity contribution in [2.24, 2.45) is 0 Å². The van der Waals surface area contributed by atoms with Crippen molar-refractivity contribution in [1.29, 1.82) is 0 Å². The molecule has 0 aliphatic heterocycles. The maximum absolute atomic E-state index is 11.9. The molecule has 0 unspecified atom stereocenters. The van der Waals surface area contributed by atoms with Crippen LogP contribution in [0.1, 0.15) is 6.42 Å². The molecule has 124 valence electrons. The SMILES string of the molecule is COc1cc(OC)c(NC(=O)CCOCC(F)(F)F)cc1Cl. The lowest BCUT2D eigenvalue weighted by Crippen LogP contribution is -2.20. The molecule has 0 heterocycles. The highest BCUT2D eigenvalue weighted by Crippen LogP contribution is 2.35. The van der Waals surface area contributed by atoms with E-state index in [4.69, 9.17) is 21.1 Å². The van der Waals surface area contributed by atoms with Crippen molar-refractivity contribution in [2.75, 3.05) is 32.8 Å². The topological polar surface area (TPSA) is 56.8 Å². The number of nitrogens with one attached hydrogen (secondary N) is 1. The van der Waals surface area contributed by atoms with E-state index in [1.165, 1.54) is 26.4 Å². The van der Waals surface area contributed by atoms with Gasteiger partial charge in [-0.05, 0) is 6.07 Å². The Hall–Kier alpha value is -1.67. The van der Waals surface area contributed by atoms with Crippen LogP contribution in [0.2, 0.25) is 5.02 Å². The molecule has 5 nitrogen and oxygen atoms in total. The van der Waals surface area contributed by atoms with Crippen molar-refractivity contribution < 1.29 is 32.2 Å². The molecule has 0 aliphatic rings. The Morgan fingerprint density at radius 1 is 1.23 bits per heavy atom. The minimum Gasteiger partial charge on any atom is -0.495 e. The highest BCUT2D eigenvalue weighted by atomic mass is 35.5. The molecule has 0 bridgehead atoms. The van der Waals surface area contributed by atoms with Crippen LogP contribution in [0.25, 0.3) is 0 Å². The van der Waals surface area contributed by atoms with Gasteiger partial charge in [0.15, 0.2) is 0 Å². The van der Waals surface area contributed by atoms with Crippen molar-refractivity contribution >= 4 is 23.2 Å². The number of hydrogen-bond donors (Lipinski definition) is 1. The van der Waals surface area contributed by atoms with Gasteiger partial charge in [0.2, 0.25) is 5.91 Å². The molecule has 1 aromatic rings. The second kappa shape index (κ2) is 8.09. The molecule has 0 saturated carbocycles. The number of halogens is 4. The third-order valence-electron chi connectivity index (χ3n) is 2.49. The second-order valence-corrected chi connectivity index (χ2v) is 4.56. The van der Waals surface area contributed by atoms with E-state index in [2.05, 4.69) is 10.1 Å². The molecule has 1 amide bonds. The lowest BCUT2D eigenvalue weighted by atomic mass is 10.2. The number of carbonyl (C=O) groups is 1. The van der Waals surface area contributed by atoms with Gasteiger partial charge in [0, 0.05) is 6.07 Å². The van der Waals surface area contributed by atoms with Gasteiger partial charge >= 0.3 is 6.18 Å². The Morgan fingerprint density at radius 2 is 1.86 bits per heavy atom. The lowest BCUT2D eigenvalue weighted by molar-refractivity contribution is -0.174. The Bertz CT molecular complexity index is 523. The molecule has 0 fully saturated rings. The van der Waals surface area contributed by atoms with Crippen LogP contribution in [-0.2, 0) is 9.53 Å². The monoisotopic (exact) mass is 341 g/mol. The largest absolute Gasteiger partial charge is 0.495 e. The van der Waals surface area contributed by atoms with E-state index in [9.17, 15) is 18.0 Å². The predicted molar refractivity (Wildman–Crippen MR) is 74.7 cm³/mol. The fourth-order valence-corrected chi connectivity index (χ4v) is 1.76. The first-order valence-electron chi connectivity index (χ1n) is 6.12. The third-order valence-corrected chi connectivity index (χ3v) is 2.78. The number of hydrogen-bond acceptors (Lipinski definition) is 4. The van der Waals surface area contributed by atoms with E-state index in [0.717, 1.165) is 0 Å². The lowest BCUT2D eigenvalue weighted by Gasteiger charge is -2.13. The molecule has 9 heteroatoms. The van der Waals surface area contributed by atoms with Crippen LogP contribution >= 0.6 is 11.6 Å². The highest BCUT2D eigenvalue weighted by molar-refractivity contribution is 6.32. The maximum Gasteiger partial charge on any atom is 0.411 e. The Kier molecular flexibility index (Phi) is 6.76. The minimum absolute atomic E-state index is 0.233. The molecular formula is C13H15ClF3NO4. The van der Waals surface area contributed by atoms with Gasteiger partial charge in [0.25, 0.3) is 0 Å². The summed E-state index contributed by atoms with van der Waals surface area (Å²) >= 11 is 5.94. The number of benzene rings is 1. The van der Waals surface area contributed by atoms with Gasteiger partial charge in [-0.15, -0.1) is 0 Å². The van der Waals surface area contributed by atoms with E-state index in [1.54, 1.807) is 0 Å². The van der Waals surface area contributed by atoms with Crippen molar-refractivity contribution in [3.8, 4) is 11.5 Å². The zero-order chi connectivity index (χ0) is 16.8. The first-order valence-corrected chi connectivity index (χ1v) is 6.50. The molecule has 1 rings (SSSR count). The molecule has 0 spiro atoms. The van der Waals surface area contributed by atoms with Crippen LogP contribution in [0.5, 0.6) is 11.5 Å². The molecule has 1 aromatic carbocycles. The smallest absolute Gasteiger partial charge is 0.411 e. The third kappa shape index (κ3) is 5.98. The summed E-state index contributed by atoms with van der Waals surface area (Å²) in [5, 5.41) is 2.74. The fourth-order valence-electron chi connectivity index (χ4n) is 1.52. The molecular weight excluding hydrogens is 327 g/mol.